The van der Waals surface area contributed by atoms with Crippen LogP contribution in [0.25, 0.3) is 10.6 Å². The van der Waals surface area contributed by atoms with Crippen molar-refractivity contribution in [3.63, 3.8) is 0 Å². The first-order valence-electron chi connectivity index (χ1n) is 9.17. The average Bonchev–Trinajstić information content (AvgIpc) is 3.29. The number of benzene rings is 1. The average molecular weight is 389 g/mol. The Hall–Kier alpha value is -3.24. The number of anilines is 2. The highest BCUT2D eigenvalue weighted by Gasteiger charge is 2.26. The molecule has 0 bridgehead atoms. The highest BCUT2D eigenvalue weighted by molar-refractivity contribution is 7.13. The van der Waals surface area contributed by atoms with Gasteiger partial charge in [-0.3, -0.25) is 4.79 Å². The lowest BCUT2D eigenvalue weighted by molar-refractivity contribution is -0.120. The van der Waals surface area contributed by atoms with Crippen molar-refractivity contribution in [2.75, 3.05) is 23.3 Å². The van der Waals surface area contributed by atoms with E-state index in [2.05, 4.69) is 26.5 Å². The Morgan fingerprint density at radius 1 is 1.11 bits per heavy atom. The highest BCUT2D eigenvalue weighted by Crippen LogP contribution is 2.26. The molecule has 1 aliphatic heterocycles. The van der Waals surface area contributed by atoms with Crippen LogP contribution in [0.4, 0.5) is 11.5 Å². The van der Waals surface area contributed by atoms with E-state index in [0.717, 1.165) is 42.3 Å². The number of aromatic nitrogens is 2. The fourth-order valence-corrected chi connectivity index (χ4v) is 4.04. The van der Waals surface area contributed by atoms with Crippen LogP contribution in [0.15, 0.2) is 53.9 Å². The van der Waals surface area contributed by atoms with Crippen LogP contribution >= 0.6 is 11.3 Å². The van der Waals surface area contributed by atoms with Gasteiger partial charge in [-0.05, 0) is 48.6 Å². The van der Waals surface area contributed by atoms with Gasteiger partial charge in [0.25, 0.3) is 0 Å². The molecule has 3 heterocycles. The molecule has 7 heteroatoms. The van der Waals surface area contributed by atoms with Crippen LogP contribution in [-0.4, -0.2) is 29.2 Å². The number of nitrogens with one attached hydrogen (secondary N) is 1. The summed E-state index contributed by atoms with van der Waals surface area (Å²) in [6.07, 6.45) is 1.49. The summed E-state index contributed by atoms with van der Waals surface area (Å²) < 4.78 is 0. The molecule has 28 heavy (non-hydrogen) atoms. The lowest BCUT2D eigenvalue weighted by Crippen LogP contribution is -2.38. The molecule has 0 unspecified atom stereocenters. The first-order valence-corrected chi connectivity index (χ1v) is 10.0. The van der Waals surface area contributed by atoms with Crippen molar-refractivity contribution in [3.05, 3.63) is 59.5 Å². The zero-order valence-electron chi connectivity index (χ0n) is 15.2. The van der Waals surface area contributed by atoms with Crippen molar-refractivity contribution in [1.82, 2.24) is 10.2 Å². The van der Waals surface area contributed by atoms with E-state index in [4.69, 9.17) is 5.26 Å². The summed E-state index contributed by atoms with van der Waals surface area (Å²) in [4.78, 5) is 15.9. The van der Waals surface area contributed by atoms with Gasteiger partial charge in [0.15, 0.2) is 5.82 Å². The van der Waals surface area contributed by atoms with Crippen molar-refractivity contribution < 1.29 is 4.79 Å². The zero-order valence-corrected chi connectivity index (χ0v) is 16.0. The van der Waals surface area contributed by atoms with Gasteiger partial charge in [-0.25, -0.2) is 0 Å². The van der Waals surface area contributed by atoms with Crippen LogP contribution in [0.2, 0.25) is 0 Å². The smallest absolute Gasteiger partial charge is 0.227 e. The maximum absolute atomic E-state index is 12.6. The number of nitriles is 1. The molecule has 140 valence electrons. The van der Waals surface area contributed by atoms with Crippen LogP contribution in [0, 0.1) is 17.2 Å². The lowest BCUT2D eigenvalue weighted by atomic mass is 9.95. The van der Waals surface area contributed by atoms with Gasteiger partial charge < -0.3 is 10.2 Å². The van der Waals surface area contributed by atoms with E-state index in [1.807, 2.05) is 35.7 Å². The number of hydrogen-bond donors (Lipinski definition) is 1. The van der Waals surface area contributed by atoms with Crippen LogP contribution < -0.4 is 10.2 Å². The number of hydrogen-bond acceptors (Lipinski definition) is 6. The summed E-state index contributed by atoms with van der Waals surface area (Å²) in [7, 11) is 0. The number of nitrogens with zero attached hydrogens (tertiary/aromatic N) is 4. The molecule has 1 fully saturated rings. The molecule has 1 saturated heterocycles. The van der Waals surface area contributed by atoms with E-state index in [1.165, 1.54) is 0 Å². The Labute approximate surface area is 167 Å². The maximum Gasteiger partial charge on any atom is 0.227 e. The standard InChI is InChI=1S/C21H19N5OS/c22-14-16-4-1-2-5-17(16)23-21(27)15-9-11-26(12-10-15)20-8-7-18(24-25-20)19-6-3-13-28-19/h1-8,13,15H,9-12H2,(H,23,27). The number of thiophene rings is 1. The third-order valence-corrected chi connectivity index (χ3v) is 5.81. The highest BCUT2D eigenvalue weighted by atomic mass is 32.1. The molecule has 0 aliphatic carbocycles. The number of amides is 1. The van der Waals surface area contributed by atoms with E-state index in [9.17, 15) is 4.79 Å². The molecule has 1 N–H and O–H groups in total. The second-order valence-electron chi connectivity index (χ2n) is 6.66. The quantitative estimate of drug-likeness (QED) is 0.731. The minimum absolute atomic E-state index is 0.0264. The fraction of sp³-hybridized carbons (Fsp3) is 0.238. The molecule has 1 aromatic carbocycles. The Kier molecular flexibility index (Phi) is 5.31. The third-order valence-electron chi connectivity index (χ3n) is 4.92. The number of piperidine rings is 1. The summed E-state index contributed by atoms with van der Waals surface area (Å²) in [5, 5.41) is 22.8. The molecule has 3 aromatic rings. The van der Waals surface area contributed by atoms with Gasteiger partial charge in [-0.15, -0.1) is 21.5 Å². The first kappa shape index (κ1) is 18.1. The largest absolute Gasteiger partial charge is 0.355 e. The third kappa shape index (κ3) is 3.87. The van der Waals surface area contributed by atoms with E-state index >= 15 is 0 Å². The van der Waals surface area contributed by atoms with Crippen molar-refractivity contribution in [2.45, 2.75) is 12.8 Å². The van der Waals surface area contributed by atoms with Gasteiger partial charge >= 0.3 is 0 Å². The molecule has 0 atom stereocenters. The van der Waals surface area contributed by atoms with Crippen LogP contribution in [0.1, 0.15) is 18.4 Å². The summed E-state index contributed by atoms with van der Waals surface area (Å²) in [6, 6.07) is 17.2. The summed E-state index contributed by atoms with van der Waals surface area (Å²) in [6.45, 7) is 1.51. The second-order valence-corrected chi connectivity index (χ2v) is 7.61. The van der Waals surface area contributed by atoms with Gasteiger partial charge in [0.05, 0.1) is 16.1 Å². The number of para-hydroxylation sites is 1. The minimum atomic E-state index is -0.0682. The predicted molar refractivity (Wildman–Crippen MR) is 110 cm³/mol. The van der Waals surface area contributed by atoms with Gasteiger partial charge in [-0.1, -0.05) is 18.2 Å². The Morgan fingerprint density at radius 3 is 2.61 bits per heavy atom. The molecule has 0 saturated carbocycles. The zero-order chi connectivity index (χ0) is 19.3. The molecule has 0 radical (unpaired) electrons. The van der Waals surface area contributed by atoms with E-state index in [0.29, 0.717) is 11.3 Å². The number of carbonyl (C=O) groups excluding carboxylic acids is 1. The molecule has 1 aliphatic rings. The van der Waals surface area contributed by atoms with Crippen molar-refractivity contribution in [2.24, 2.45) is 5.92 Å². The molecule has 1 amide bonds. The van der Waals surface area contributed by atoms with Gasteiger partial charge in [0.1, 0.15) is 11.8 Å². The summed E-state index contributed by atoms with van der Waals surface area (Å²) >= 11 is 1.64. The van der Waals surface area contributed by atoms with Gasteiger partial charge in [-0.2, -0.15) is 5.26 Å². The van der Waals surface area contributed by atoms with Gasteiger partial charge in [0.2, 0.25) is 5.91 Å². The van der Waals surface area contributed by atoms with Crippen LogP contribution in [-0.2, 0) is 4.79 Å². The summed E-state index contributed by atoms with van der Waals surface area (Å²) in [5.41, 5.74) is 1.94. The van der Waals surface area contributed by atoms with Crippen molar-refractivity contribution >= 4 is 28.7 Å². The monoisotopic (exact) mass is 389 g/mol. The maximum atomic E-state index is 12.6. The van der Waals surface area contributed by atoms with Crippen molar-refractivity contribution in [3.8, 4) is 16.6 Å². The molecule has 6 nitrogen and oxygen atoms in total. The van der Waals surface area contributed by atoms with E-state index < -0.39 is 0 Å². The second kappa shape index (κ2) is 8.19. The van der Waals surface area contributed by atoms with Crippen LogP contribution in [0.3, 0.4) is 0 Å². The van der Waals surface area contributed by atoms with E-state index in [1.54, 1.807) is 29.5 Å². The lowest BCUT2D eigenvalue weighted by Gasteiger charge is -2.31. The first-order chi connectivity index (χ1) is 13.7. The Balaban J connectivity index is 1.35. The number of rotatable bonds is 4. The van der Waals surface area contributed by atoms with E-state index in [-0.39, 0.29) is 11.8 Å². The summed E-state index contributed by atoms with van der Waals surface area (Å²) in [5.74, 6) is 0.747. The molecule has 4 rings (SSSR count). The van der Waals surface area contributed by atoms with Crippen molar-refractivity contribution in [1.29, 1.82) is 5.26 Å². The molecule has 2 aromatic heterocycles. The molecular formula is C21H19N5OS. The Morgan fingerprint density at radius 2 is 1.93 bits per heavy atom. The predicted octanol–water partition coefficient (Wildman–Crippen LogP) is 3.93. The Bertz CT molecular complexity index is 986. The fourth-order valence-electron chi connectivity index (χ4n) is 3.34. The topological polar surface area (TPSA) is 81.9 Å². The SMILES string of the molecule is N#Cc1ccccc1NC(=O)C1CCN(c2ccc(-c3cccs3)nn2)CC1. The van der Waals surface area contributed by atoms with Gasteiger partial charge in [0, 0.05) is 19.0 Å². The van der Waals surface area contributed by atoms with Crippen LogP contribution in [0.5, 0.6) is 0 Å². The number of carbonyl (C=O) groups is 1. The normalized spacial score (nSPS) is 14.5. The molecular weight excluding hydrogens is 370 g/mol. The molecule has 0 spiro atoms. The minimum Gasteiger partial charge on any atom is -0.355 e.